The van der Waals surface area contributed by atoms with Crippen molar-refractivity contribution in [3.8, 4) is 134 Å². The van der Waals surface area contributed by atoms with E-state index in [1.807, 2.05) is 232 Å². The monoisotopic (exact) mass is 2490 g/mol. The minimum Gasteiger partial charge on any atom is -0.305 e. The molecule has 0 fully saturated rings. The van der Waals surface area contributed by atoms with Crippen LogP contribution in [0.4, 0.5) is 0 Å². The fourth-order valence-electron chi connectivity index (χ4n) is 11.9. The number of hydrogen-bond acceptors (Lipinski definition) is 7. The summed E-state index contributed by atoms with van der Waals surface area (Å²) in [6.07, 6.45) is 12.1. The van der Waals surface area contributed by atoms with E-state index in [0.717, 1.165) is 84.1 Å². The molecule has 0 aliphatic carbocycles. The molecule has 0 aliphatic rings. The molecule has 0 saturated heterocycles. The van der Waals surface area contributed by atoms with Crippen molar-refractivity contribution < 1.29 is 121 Å². The Balaban J connectivity index is 0.000000199. The Morgan fingerprint density at radius 3 is 0.943 bits per heavy atom. The summed E-state index contributed by atoms with van der Waals surface area (Å²) in [5, 5.41) is 0. The van der Waals surface area contributed by atoms with Crippen LogP contribution in [0.3, 0.4) is 0 Å². The Morgan fingerprint density at radius 2 is 0.569 bits per heavy atom. The summed E-state index contributed by atoms with van der Waals surface area (Å²) < 4.78 is 118. The molecule has 0 amide bonds. The zero-order chi connectivity index (χ0) is 94.0. The van der Waals surface area contributed by atoms with Crippen molar-refractivity contribution in [2.45, 2.75) is 27.7 Å². The Morgan fingerprint density at radius 1 is 0.220 bits per heavy atom. The van der Waals surface area contributed by atoms with Crippen LogP contribution < -0.4 is 0 Å². The number of aromatic nitrogens is 7. The molecule has 0 saturated carbocycles. The molecule has 19 aromatic rings. The predicted octanol–water partition coefficient (Wildman–Crippen LogP) is 27.4. The summed E-state index contributed by atoms with van der Waals surface area (Å²) in [7, 11) is 0. The van der Waals surface area contributed by atoms with Gasteiger partial charge in [0.1, 0.15) is 0 Å². The first-order chi connectivity index (χ1) is 64.4. The van der Waals surface area contributed by atoms with E-state index in [4.69, 9.17) is 20.6 Å². The van der Waals surface area contributed by atoms with E-state index in [1.54, 1.807) is 67.1 Å². The van der Waals surface area contributed by atoms with E-state index in [0.29, 0.717) is 28.1 Å². The fraction of sp³-hybridized carbons (Fsp3) is 0.0360. The van der Waals surface area contributed by atoms with Gasteiger partial charge in [0.05, 0.1) is 20.6 Å². The van der Waals surface area contributed by atoms with Crippen molar-refractivity contribution in [2.75, 3.05) is 0 Å². The summed E-state index contributed by atoms with van der Waals surface area (Å²) in [5.74, 6) is 0. The number of aryl methyl sites for hydroxylation is 4. The van der Waals surface area contributed by atoms with Crippen molar-refractivity contribution in [2.24, 2.45) is 0 Å². The average molecular weight is 2490 g/mol. The maximum atomic E-state index is 8.05. The number of rotatable bonds is 12. The summed E-state index contributed by atoms with van der Waals surface area (Å²) in [5.41, 5.74) is 24.0. The van der Waals surface area contributed by atoms with Crippen LogP contribution in [0.25, 0.3) is 134 Å². The van der Waals surface area contributed by atoms with E-state index < -0.39 is 18.1 Å². The van der Waals surface area contributed by atoms with Crippen LogP contribution in [-0.4, -0.2) is 34.9 Å². The molecule has 0 unspecified atom stereocenters. The minimum absolute atomic E-state index is 0. The molecule has 12 aromatic carbocycles. The summed E-state index contributed by atoms with van der Waals surface area (Å²) in [4.78, 5) is 30.5. The molecule has 0 atom stereocenters. The first kappa shape index (κ1) is 75.9. The molecule has 123 heavy (non-hydrogen) atoms. The Labute approximate surface area is 813 Å². The Bertz CT molecular complexity index is 6870. The van der Waals surface area contributed by atoms with Gasteiger partial charge in [-0.25, -0.2) is 0 Å². The molecular weight excluding hydrogens is 2390 g/mol. The number of nitrogens with zero attached hydrogens (tertiary/aromatic N) is 7. The number of pyridine rings is 7. The van der Waals surface area contributed by atoms with Gasteiger partial charge in [0.2, 0.25) is 0 Å². The van der Waals surface area contributed by atoms with Crippen LogP contribution in [0, 0.1) is 70.2 Å². The third-order valence-electron chi connectivity index (χ3n) is 17.7. The van der Waals surface area contributed by atoms with Gasteiger partial charge >= 0.3 is 0 Å². The van der Waals surface area contributed by atoms with E-state index in [-0.39, 0.29) is 190 Å². The van der Waals surface area contributed by atoms with Gasteiger partial charge in [-0.1, -0.05) is 232 Å². The van der Waals surface area contributed by atoms with Crippen molar-refractivity contribution in [1.29, 1.82) is 0 Å². The Kier molecular flexibility index (Phi) is 32.3. The molecule has 7 nitrogen and oxygen atoms in total. The van der Waals surface area contributed by atoms with Gasteiger partial charge in [0, 0.05) is 149 Å². The van der Waals surface area contributed by atoms with Gasteiger partial charge in [-0.05, 0) is 133 Å². The summed E-state index contributed by atoms with van der Waals surface area (Å²) in [6.45, 7) is 8.22. The first-order valence-corrected chi connectivity index (χ1v) is 37.7. The van der Waals surface area contributed by atoms with E-state index >= 15 is 0 Å². The average Bonchev–Trinajstić information content (AvgIpc) is 0.785. The third kappa shape index (κ3) is 29.6. The Hall–Kier alpha value is -12.1. The molecule has 7 aromatic heterocycles. The molecule has 615 valence electrons. The molecule has 0 spiro atoms. The maximum Gasteiger partial charge on any atom is 0.0629 e. The van der Waals surface area contributed by atoms with Crippen LogP contribution >= 0.6 is 0 Å². The zero-order valence-corrected chi connectivity index (χ0v) is 78.7. The second-order valence-corrected chi connectivity index (χ2v) is 26.1. The number of benzene rings is 12. The van der Waals surface area contributed by atoms with E-state index in [2.05, 4.69) is 140 Å². The van der Waals surface area contributed by atoms with Gasteiger partial charge in [0.25, 0.3) is 0 Å². The van der Waals surface area contributed by atoms with Gasteiger partial charge in [-0.15, -0.1) is 250 Å². The fourth-order valence-corrected chi connectivity index (χ4v) is 11.9. The van der Waals surface area contributed by atoms with E-state index in [1.165, 1.54) is 40.2 Å². The standard InChI is InChI=1S/C19H16N.2C18H14N.2C17H12N.2C11H8N.5Ir/c1-14-10-15(2)12-18(11-14)19-9-8-17(13-20-19)16-6-4-3-5-7-16;1-14-12-18(16-10-6-3-7-11-16)19-13-17(14)15-8-4-2-5-9-15;1-14-7-5-6-10-17(14)16-11-12-18(19-13-16)15-8-3-2-4-9-15;1-3-7-14(8-4-1)16-11-12-18-17(13-16)15-9-5-2-6-10-15;1-3-7-14(8-4-1)16-11-12-17(18-13-16)15-9-5-2-6-10-15;2*1-2-6-10(7-3-1)11-8-4-5-9-12-11;;;;;/h3-11,13H,1-2H3;2-10,12-13H,1H3;2-8,10-13H,1H3;2*1-9,11-13H;2*1-6,8-9H;;;;;/q7*-1;;;;;/i3D,4D,5D,6D,7D;;;2*1D,3D,4D,7D,8D;;;;;;;. The van der Waals surface area contributed by atoms with Crippen molar-refractivity contribution >= 4 is 0 Å². The van der Waals surface area contributed by atoms with Crippen LogP contribution in [0.1, 0.15) is 42.8 Å². The molecule has 5 radical (unpaired) electrons. The van der Waals surface area contributed by atoms with Crippen molar-refractivity contribution in [3.05, 3.63) is 502 Å². The quantitative estimate of drug-likeness (QED) is 0.113. The molecule has 0 bridgehead atoms. The second-order valence-electron chi connectivity index (χ2n) is 26.1. The van der Waals surface area contributed by atoms with Crippen LogP contribution in [0.5, 0.6) is 0 Å². The van der Waals surface area contributed by atoms with E-state index in [9.17, 15) is 0 Å². The molecule has 12 heteroatoms. The van der Waals surface area contributed by atoms with Crippen LogP contribution in [0.2, 0.25) is 0 Å². The predicted molar refractivity (Wildman–Crippen MR) is 486 cm³/mol. The maximum absolute atomic E-state index is 8.05. The third-order valence-corrected chi connectivity index (χ3v) is 17.7. The minimum atomic E-state index is -0.396. The van der Waals surface area contributed by atoms with Crippen LogP contribution in [-0.2, 0) is 101 Å². The topological polar surface area (TPSA) is 90.2 Å². The largest absolute Gasteiger partial charge is 0.305 e. The molecular formula is C111H84Ir5N7-7. The van der Waals surface area contributed by atoms with Gasteiger partial charge in [0.15, 0.2) is 0 Å². The van der Waals surface area contributed by atoms with Gasteiger partial charge in [-0.2, -0.15) is 0 Å². The first-order valence-electron chi connectivity index (χ1n) is 45.2. The zero-order valence-electron chi connectivity index (χ0n) is 81.7. The molecule has 0 N–H and O–H groups in total. The normalized spacial score (nSPS) is 11.5. The second kappa shape index (κ2) is 52.3. The summed E-state index contributed by atoms with van der Waals surface area (Å²) in [6, 6.07) is 115. The van der Waals surface area contributed by atoms with Gasteiger partial charge in [-0.3, -0.25) is 0 Å². The van der Waals surface area contributed by atoms with Crippen LogP contribution in [0.15, 0.2) is 437 Å². The molecule has 19 rings (SSSR count). The van der Waals surface area contributed by atoms with Crippen molar-refractivity contribution in [3.63, 3.8) is 0 Å². The summed E-state index contributed by atoms with van der Waals surface area (Å²) >= 11 is 0. The smallest absolute Gasteiger partial charge is 0.0629 e. The molecule has 0 aliphatic heterocycles. The number of hydrogen-bond donors (Lipinski definition) is 0. The van der Waals surface area contributed by atoms with Gasteiger partial charge < -0.3 is 34.9 Å². The van der Waals surface area contributed by atoms with Crippen molar-refractivity contribution in [1.82, 2.24) is 34.9 Å². The SMILES string of the molecule is Cc1cc(-c2[c-]cccc2)ncc1-c1ccccc1.Cc1ccccc1-c1ccc(-c2[c-]cccc2)nc1.[2H]c1c([2H])c([2H])c(-c2ccc(-c3[c-]c(C)cc(C)c3)nc2)c([2H])c1[2H].[2H]c1c([2H])c([2H])c(-c2ccc(-c3[c-]cccc3)nc2)c([2H])c1[2H].[2H]c1c([2H])c([2H])c(-c2ccnc(-c3[c-]cccc3)c2)c([2H])c1[2H].[Ir].[Ir].[Ir].[Ir].[Ir].[c-]1ccccc1-c1ccccn1.[c-]1ccccc1-c1ccccn1. The molecule has 7 heterocycles.